The van der Waals surface area contributed by atoms with E-state index < -0.39 is 0 Å². The van der Waals surface area contributed by atoms with Gasteiger partial charge in [-0.2, -0.15) is 5.10 Å². The Kier molecular flexibility index (Phi) is 4.89. The van der Waals surface area contributed by atoms with Crippen LogP contribution in [0.25, 0.3) is 5.69 Å². The van der Waals surface area contributed by atoms with E-state index >= 15 is 0 Å². The minimum Gasteiger partial charge on any atom is -0.322 e. The molecule has 0 saturated heterocycles. The van der Waals surface area contributed by atoms with E-state index in [1.807, 2.05) is 39.8 Å². The largest absolute Gasteiger partial charge is 0.322 e. The molecule has 0 fully saturated rings. The third-order valence-electron chi connectivity index (χ3n) is 4.15. The molecular formula is C21H22FN3O. The van der Waals surface area contributed by atoms with Crippen LogP contribution in [0, 0.1) is 19.7 Å². The maximum absolute atomic E-state index is 13.2. The second-order valence-corrected chi connectivity index (χ2v) is 6.82. The zero-order valence-corrected chi connectivity index (χ0v) is 15.4. The van der Waals surface area contributed by atoms with E-state index in [4.69, 9.17) is 0 Å². The predicted molar refractivity (Wildman–Crippen MR) is 101 cm³/mol. The molecule has 4 nitrogen and oxygen atoms in total. The van der Waals surface area contributed by atoms with Crippen LogP contribution >= 0.6 is 0 Å². The molecule has 134 valence electrons. The molecule has 0 aliphatic carbocycles. The number of halogens is 1. The van der Waals surface area contributed by atoms with E-state index in [0.717, 1.165) is 28.2 Å². The van der Waals surface area contributed by atoms with E-state index in [0.29, 0.717) is 5.56 Å². The lowest BCUT2D eigenvalue weighted by molar-refractivity contribution is 0.102. The Labute approximate surface area is 152 Å². The summed E-state index contributed by atoms with van der Waals surface area (Å²) in [6.07, 6.45) is 1.57. The van der Waals surface area contributed by atoms with Gasteiger partial charge in [0.15, 0.2) is 0 Å². The first-order valence-corrected chi connectivity index (χ1v) is 8.58. The zero-order chi connectivity index (χ0) is 18.8. The first-order chi connectivity index (χ1) is 12.3. The first kappa shape index (κ1) is 17.9. The molecule has 0 radical (unpaired) electrons. The Morgan fingerprint density at radius 1 is 1.08 bits per heavy atom. The maximum atomic E-state index is 13.2. The number of amides is 1. The quantitative estimate of drug-likeness (QED) is 0.719. The van der Waals surface area contributed by atoms with Crippen molar-refractivity contribution in [3.8, 4) is 5.69 Å². The second kappa shape index (κ2) is 7.12. The van der Waals surface area contributed by atoms with Crippen LogP contribution in [0.3, 0.4) is 0 Å². The Bertz CT molecular complexity index is 922. The number of aromatic nitrogens is 2. The van der Waals surface area contributed by atoms with Crippen LogP contribution in [0.1, 0.15) is 46.9 Å². The number of carbonyl (C=O) groups is 1. The van der Waals surface area contributed by atoms with Gasteiger partial charge >= 0.3 is 0 Å². The highest BCUT2D eigenvalue weighted by molar-refractivity contribution is 6.05. The lowest BCUT2D eigenvalue weighted by Crippen LogP contribution is -2.15. The van der Waals surface area contributed by atoms with Crippen molar-refractivity contribution >= 4 is 11.6 Å². The van der Waals surface area contributed by atoms with Crippen LogP contribution < -0.4 is 5.32 Å². The lowest BCUT2D eigenvalue weighted by atomic mass is 10.0. The highest BCUT2D eigenvalue weighted by Gasteiger charge is 2.21. The second-order valence-electron chi connectivity index (χ2n) is 6.82. The molecule has 0 bridgehead atoms. The summed E-state index contributed by atoms with van der Waals surface area (Å²) in [5, 5.41) is 7.33. The number of carbonyl (C=O) groups excluding carboxylic acids is 1. The van der Waals surface area contributed by atoms with Crippen molar-refractivity contribution in [1.29, 1.82) is 0 Å². The fourth-order valence-electron chi connectivity index (χ4n) is 3.12. The van der Waals surface area contributed by atoms with Crippen LogP contribution in [0.15, 0.2) is 48.7 Å². The summed E-state index contributed by atoms with van der Waals surface area (Å²) in [4.78, 5) is 12.8. The van der Waals surface area contributed by atoms with Crippen molar-refractivity contribution in [2.24, 2.45) is 0 Å². The summed E-state index contributed by atoms with van der Waals surface area (Å²) >= 11 is 0. The van der Waals surface area contributed by atoms with Gasteiger partial charge in [0.05, 0.1) is 23.1 Å². The van der Waals surface area contributed by atoms with E-state index in [2.05, 4.69) is 16.5 Å². The lowest BCUT2D eigenvalue weighted by Gasteiger charge is -2.13. The predicted octanol–water partition coefficient (Wildman–Crippen LogP) is 5.00. The molecule has 0 unspecified atom stereocenters. The Morgan fingerprint density at radius 3 is 2.27 bits per heavy atom. The van der Waals surface area contributed by atoms with Gasteiger partial charge in [-0.05, 0) is 67.3 Å². The molecule has 2 aromatic carbocycles. The number of nitrogens with one attached hydrogen (secondary N) is 1. The van der Waals surface area contributed by atoms with Crippen molar-refractivity contribution in [1.82, 2.24) is 9.78 Å². The van der Waals surface area contributed by atoms with Gasteiger partial charge in [-0.3, -0.25) is 4.79 Å². The van der Waals surface area contributed by atoms with Gasteiger partial charge < -0.3 is 5.32 Å². The summed E-state index contributed by atoms with van der Waals surface area (Å²) in [5.41, 5.74) is 4.97. The van der Waals surface area contributed by atoms with Gasteiger partial charge in [-0.1, -0.05) is 19.9 Å². The summed E-state index contributed by atoms with van der Waals surface area (Å²) in [5.74, 6) is -0.436. The Hall–Kier alpha value is -2.95. The smallest absolute Gasteiger partial charge is 0.259 e. The average Bonchev–Trinajstić information content (AvgIpc) is 3.00. The number of nitrogens with zero attached hydrogens (tertiary/aromatic N) is 2. The third-order valence-corrected chi connectivity index (χ3v) is 4.15. The number of hydrogen-bond donors (Lipinski definition) is 1. The topological polar surface area (TPSA) is 46.9 Å². The van der Waals surface area contributed by atoms with Crippen molar-refractivity contribution in [2.75, 3.05) is 5.32 Å². The molecule has 1 amide bonds. The molecule has 1 aromatic heterocycles. The molecule has 3 rings (SSSR count). The Morgan fingerprint density at radius 2 is 1.69 bits per heavy atom. The number of benzene rings is 2. The molecule has 0 aliphatic heterocycles. The van der Waals surface area contributed by atoms with E-state index in [1.54, 1.807) is 23.0 Å². The van der Waals surface area contributed by atoms with Crippen LogP contribution in [0.4, 0.5) is 10.1 Å². The fourth-order valence-corrected chi connectivity index (χ4v) is 3.12. The normalized spacial score (nSPS) is 11.0. The SMILES string of the molecule is Cc1cc(C)cc(NC(=O)c2cnn(-c3ccc(F)cc3)c2C(C)C)c1. The monoisotopic (exact) mass is 351 g/mol. The average molecular weight is 351 g/mol. The summed E-state index contributed by atoms with van der Waals surface area (Å²) in [7, 11) is 0. The van der Waals surface area contributed by atoms with Crippen LogP contribution in [0.2, 0.25) is 0 Å². The highest BCUT2D eigenvalue weighted by atomic mass is 19.1. The minimum absolute atomic E-state index is 0.0718. The number of aryl methyl sites for hydroxylation is 2. The molecule has 1 N–H and O–H groups in total. The molecule has 0 atom stereocenters. The van der Waals surface area contributed by atoms with Crippen LogP contribution in [0.5, 0.6) is 0 Å². The molecule has 0 saturated carbocycles. The standard InChI is InChI=1S/C21H22FN3O/c1-13(2)20-19(12-23-25(20)18-7-5-16(22)6-8-18)21(26)24-17-10-14(3)9-15(4)11-17/h5-13H,1-4H3,(H,24,26). The third kappa shape index (κ3) is 3.67. The van der Waals surface area contributed by atoms with Gasteiger partial charge in [0.2, 0.25) is 0 Å². The van der Waals surface area contributed by atoms with Crippen molar-refractivity contribution < 1.29 is 9.18 Å². The van der Waals surface area contributed by atoms with Crippen LogP contribution in [-0.4, -0.2) is 15.7 Å². The first-order valence-electron chi connectivity index (χ1n) is 8.58. The van der Waals surface area contributed by atoms with Gasteiger partial charge in [0, 0.05) is 5.69 Å². The van der Waals surface area contributed by atoms with Gasteiger partial charge in [-0.25, -0.2) is 9.07 Å². The maximum Gasteiger partial charge on any atom is 0.259 e. The molecule has 1 heterocycles. The van der Waals surface area contributed by atoms with E-state index in [1.165, 1.54) is 12.1 Å². The van der Waals surface area contributed by atoms with Crippen molar-refractivity contribution in [3.05, 3.63) is 76.9 Å². The molecule has 3 aromatic rings. The van der Waals surface area contributed by atoms with Gasteiger partial charge in [0.25, 0.3) is 5.91 Å². The van der Waals surface area contributed by atoms with Crippen molar-refractivity contribution in [2.45, 2.75) is 33.6 Å². The fraction of sp³-hybridized carbons (Fsp3) is 0.238. The molecule has 0 aliphatic rings. The van der Waals surface area contributed by atoms with E-state index in [-0.39, 0.29) is 17.6 Å². The highest BCUT2D eigenvalue weighted by Crippen LogP contribution is 2.24. The van der Waals surface area contributed by atoms with E-state index in [9.17, 15) is 9.18 Å². The summed E-state index contributed by atoms with van der Waals surface area (Å²) < 4.78 is 14.9. The number of hydrogen-bond acceptors (Lipinski definition) is 2. The summed E-state index contributed by atoms with van der Waals surface area (Å²) in [6.45, 7) is 8.00. The summed E-state index contributed by atoms with van der Waals surface area (Å²) in [6, 6.07) is 12.0. The van der Waals surface area contributed by atoms with Gasteiger partial charge in [0.1, 0.15) is 5.82 Å². The number of anilines is 1. The minimum atomic E-state index is -0.306. The molecular weight excluding hydrogens is 329 g/mol. The van der Waals surface area contributed by atoms with Crippen LogP contribution in [-0.2, 0) is 0 Å². The van der Waals surface area contributed by atoms with Crippen molar-refractivity contribution in [3.63, 3.8) is 0 Å². The molecule has 26 heavy (non-hydrogen) atoms. The molecule has 5 heteroatoms. The zero-order valence-electron chi connectivity index (χ0n) is 15.4. The number of rotatable bonds is 4. The van der Waals surface area contributed by atoms with Gasteiger partial charge in [-0.15, -0.1) is 0 Å². The molecule has 0 spiro atoms. The Balaban J connectivity index is 1.97.